The summed E-state index contributed by atoms with van der Waals surface area (Å²) < 4.78 is 20.1. The molecule has 1 aromatic carbocycles. The zero-order chi connectivity index (χ0) is 13.4. The van der Waals surface area contributed by atoms with Gasteiger partial charge >= 0.3 is 6.03 Å². The molecular formula is C13H15N2O3S-. The smallest absolute Gasteiger partial charge is 0.322 e. The molecule has 0 spiro atoms. The third-order valence-corrected chi connectivity index (χ3v) is 3.91. The van der Waals surface area contributed by atoms with E-state index in [1.54, 1.807) is 0 Å². The molecule has 1 N–H and O–H groups in total. The monoisotopic (exact) mass is 279 g/mol. The first-order valence-corrected chi connectivity index (χ1v) is 7.83. The molecule has 2 amide bonds. The lowest BCUT2D eigenvalue weighted by Gasteiger charge is -2.14. The van der Waals surface area contributed by atoms with Crippen molar-refractivity contribution in [2.75, 3.05) is 18.2 Å². The van der Waals surface area contributed by atoms with E-state index in [0.29, 0.717) is 6.61 Å². The Labute approximate surface area is 113 Å². The zero-order valence-corrected chi connectivity index (χ0v) is 11.5. The molecule has 0 unspecified atom stereocenters. The molecule has 0 atom stereocenters. The molecule has 5 nitrogen and oxygen atoms in total. The van der Waals surface area contributed by atoms with Crippen LogP contribution in [0.4, 0.5) is 10.5 Å². The predicted octanol–water partition coefficient (Wildman–Crippen LogP) is 2.42. The average molecular weight is 279 g/mol. The molecule has 0 bridgehead atoms. The van der Waals surface area contributed by atoms with Gasteiger partial charge < -0.3 is 18.6 Å². The third kappa shape index (κ3) is 2.32. The summed E-state index contributed by atoms with van der Waals surface area (Å²) in [6, 6.07) is 1.62. The van der Waals surface area contributed by atoms with Crippen LogP contribution in [-0.4, -0.2) is 18.9 Å². The van der Waals surface area contributed by atoms with E-state index in [0.717, 1.165) is 48.2 Å². The van der Waals surface area contributed by atoms with Crippen LogP contribution in [0.5, 0.6) is 5.75 Å². The number of anilines is 1. The van der Waals surface area contributed by atoms with Crippen molar-refractivity contribution in [2.45, 2.75) is 25.7 Å². The van der Waals surface area contributed by atoms with Gasteiger partial charge in [0.1, 0.15) is 5.75 Å². The van der Waals surface area contributed by atoms with E-state index in [4.69, 9.17) is 4.74 Å². The number of nitrogens with zero attached hydrogens (tertiary/aromatic N) is 1. The highest BCUT2D eigenvalue weighted by Crippen LogP contribution is 2.42. The number of carbonyl (C=O) groups is 1. The molecule has 2 aliphatic rings. The first-order chi connectivity index (χ1) is 9.15. The molecule has 19 heavy (non-hydrogen) atoms. The number of rotatable bonds is 1. The largest absolute Gasteiger partial charge is 0.491 e. The van der Waals surface area contributed by atoms with Gasteiger partial charge in [-0.2, -0.15) is 10.6 Å². The first kappa shape index (κ1) is 12.5. The quantitative estimate of drug-likeness (QED) is 0.803. The van der Waals surface area contributed by atoms with Crippen LogP contribution in [0.15, 0.2) is 10.4 Å². The standard InChI is InChI=1S/C13H15N2O3S/c1-19(17)15-13(16)14-11-10-4-2-3-8(10)7-9-5-6-18-12(9)11/h7H,2-6H2,1H3,(H,14,16)/q-1. The summed E-state index contributed by atoms with van der Waals surface area (Å²) in [6.07, 6.45) is 5.33. The Morgan fingerprint density at radius 2 is 2.21 bits per heavy atom. The van der Waals surface area contributed by atoms with Crippen LogP contribution in [0.1, 0.15) is 23.1 Å². The Morgan fingerprint density at radius 3 is 3.00 bits per heavy atom. The van der Waals surface area contributed by atoms with Gasteiger partial charge in [0.15, 0.2) is 0 Å². The topological polar surface area (TPSA) is 67.8 Å². The molecule has 102 valence electrons. The molecule has 6 heteroatoms. The van der Waals surface area contributed by atoms with Gasteiger partial charge in [-0.3, -0.25) is 0 Å². The Bertz CT molecular complexity index is 601. The lowest BCUT2D eigenvalue weighted by molar-refractivity contribution is 0.259. The number of carbonyl (C=O) groups excluding carboxylic acids is 1. The van der Waals surface area contributed by atoms with E-state index >= 15 is 0 Å². The molecule has 0 fully saturated rings. The van der Waals surface area contributed by atoms with Gasteiger partial charge in [-0.25, -0.2) is 4.79 Å². The number of nitrogens with one attached hydrogen (secondary N) is 1. The van der Waals surface area contributed by atoms with Crippen molar-refractivity contribution in [3.8, 4) is 5.75 Å². The lowest BCUT2D eigenvalue weighted by Crippen LogP contribution is -2.10. The molecule has 1 aromatic rings. The molecule has 1 aliphatic carbocycles. The van der Waals surface area contributed by atoms with E-state index in [9.17, 15) is 9.00 Å². The van der Waals surface area contributed by atoms with E-state index in [1.807, 2.05) is 0 Å². The Hall–Kier alpha value is -1.56. The molecular weight excluding hydrogens is 264 g/mol. The van der Waals surface area contributed by atoms with Crippen molar-refractivity contribution in [3.05, 3.63) is 22.8 Å². The third-order valence-electron chi connectivity index (χ3n) is 3.49. The summed E-state index contributed by atoms with van der Waals surface area (Å²) in [5.74, 6) is 0.770. The van der Waals surface area contributed by atoms with Crippen molar-refractivity contribution >= 4 is 22.3 Å². The molecule has 3 rings (SSSR count). The maximum Gasteiger partial charge on any atom is 0.322 e. The highest BCUT2D eigenvalue weighted by Gasteiger charge is 2.25. The summed E-state index contributed by atoms with van der Waals surface area (Å²) in [5.41, 5.74) is 4.32. The van der Waals surface area contributed by atoms with Crippen molar-refractivity contribution in [3.63, 3.8) is 0 Å². The van der Waals surface area contributed by atoms with Crippen LogP contribution in [0.3, 0.4) is 0 Å². The van der Waals surface area contributed by atoms with Gasteiger partial charge in [0.2, 0.25) is 0 Å². The van der Waals surface area contributed by atoms with Crippen LogP contribution in [0, 0.1) is 0 Å². The second kappa shape index (κ2) is 4.85. The zero-order valence-electron chi connectivity index (χ0n) is 10.7. The average Bonchev–Trinajstić information content (AvgIpc) is 2.94. The normalized spacial score (nSPS) is 17.7. The summed E-state index contributed by atoms with van der Waals surface area (Å²) in [4.78, 5) is 11.7. The van der Waals surface area contributed by atoms with Crippen molar-refractivity contribution in [2.24, 2.45) is 4.36 Å². The summed E-state index contributed by atoms with van der Waals surface area (Å²) in [6.45, 7) is 0.651. The van der Waals surface area contributed by atoms with Crippen molar-refractivity contribution in [1.29, 1.82) is 0 Å². The molecule has 0 saturated carbocycles. The number of benzene rings is 1. The number of hydrogen-bond donors (Lipinski definition) is 1. The van der Waals surface area contributed by atoms with E-state index in [-0.39, 0.29) is 0 Å². The minimum atomic E-state index is -1.49. The fourth-order valence-corrected chi connectivity index (χ4v) is 3.06. The van der Waals surface area contributed by atoms with Gasteiger partial charge in [0.05, 0.1) is 12.3 Å². The molecule has 1 aliphatic heterocycles. The van der Waals surface area contributed by atoms with E-state index < -0.39 is 16.6 Å². The minimum Gasteiger partial charge on any atom is -0.491 e. The van der Waals surface area contributed by atoms with E-state index in [2.05, 4.69) is 15.7 Å². The molecule has 0 radical (unpaired) electrons. The van der Waals surface area contributed by atoms with Gasteiger partial charge in [0, 0.05) is 6.42 Å². The summed E-state index contributed by atoms with van der Waals surface area (Å²) in [5, 5.41) is 2.75. The first-order valence-electron chi connectivity index (χ1n) is 6.32. The Balaban J connectivity index is 2.03. The highest BCUT2D eigenvalue weighted by molar-refractivity contribution is 7.74. The predicted molar refractivity (Wildman–Crippen MR) is 73.1 cm³/mol. The van der Waals surface area contributed by atoms with Crippen molar-refractivity contribution < 1.29 is 13.7 Å². The van der Waals surface area contributed by atoms with Crippen LogP contribution in [0.25, 0.3) is 0 Å². The Kier molecular flexibility index (Phi) is 3.18. The highest BCUT2D eigenvalue weighted by atomic mass is 32.2. The SMILES string of the molecule is C[S-](=O)=NC(=O)Nc1c2c(cc3c1OCC3)CCC2. The second-order valence-corrected chi connectivity index (χ2v) is 5.80. The summed E-state index contributed by atoms with van der Waals surface area (Å²) >= 11 is 0. The maximum atomic E-state index is 11.7. The number of urea groups is 1. The lowest BCUT2D eigenvalue weighted by atomic mass is 10.0. The summed E-state index contributed by atoms with van der Waals surface area (Å²) in [7, 11) is -1.49. The van der Waals surface area contributed by atoms with Crippen LogP contribution in [-0.2, 0) is 34.1 Å². The van der Waals surface area contributed by atoms with Gasteiger partial charge in [-0.1, -0.05) is 6.07 Å². The molecule has 1 heterocycles. The maximum absolute atomic E-state index is 11.7. The van der Waals surface area contributed by atoms with Crippen LogP contribution >= 0.6 is 0 Å². The fraction of sp³-hybridized carbons (Fsp3) is 0.462. The number of hydrogen-bond acceptors (Lipinski definition) is 4. The number of ether oxygens (including phenoxy) is 1. The molecule has 0 saturated heterocycles. The van der Waals surface area contributed by atoms with Crippen LogP contribution in [0.2, 0.25) is 0 Å². The number of amides is 2. The van der Waals surface area contributed by atoms with Gasteiger partial charge in [0.25, 0.3) is 0 Å². The van der Waals surface area contributed by atoms with Crippen molar-refractivity contribution in [1.82, 2.24) is 0 Å². The second-order valence-electron chi connectivity index (χ2n) is 4.77. The fourth-order valence-electron chi connectivity index (χ4n) is 2.78. The van der Waals surface area contributed by atoms with E-state index in [1.165, 1.54) is 11.8 Å². The van der Waals surface area contributed by atoms with Gasteiger partial charge in [-0.15, -0.1) is 6.26 Å². The van der Waals surface area contributed by atoms with Gasteiger partial charge in [-0.05, 0) is 36.0 Å². The van der Waals surface area contributed by atoms with Crippen LogP contribution < -0.4 is 10.1 Å². The number of aryl methyl sites for hydroxylation is 1. The molecule has 0 aromatic heterocycles. The minimum absolute atomic E-state index is 0.571. The number of fused-ring (bicyclic) bond motifs is 2. The Morgan fingerprint density at radius 1 is 1.37 bits per heavy atom.